The molecule has 0 bridgehead atoms. The fraction of sp³-hybridized carbons (Fsp3) is 0.214. The van der Waals surface area contributed by atoms with E-state index in [-0.39, 0.29) is 12.3 Å². The van der Waals surface area contributed by atoms with Gasteiger partial charge in [0.2, 0.25) is 5.91 Å². The highest BCUT2D eigenvalue weighted by molar-refractivity contribution is 7.13. The van der Waals surface area contributed by atoms with Crippen LogP contribution in [0.3, 0.4) is 0 Å². The van der Waals surface area contributed by atoms with E-state index in [2.05, 4.69) is 15.6 Å². The number of nitrogens with two attached hydrogens (primary N) is 1. The van der Waals surface area contributed by atoms with E-state index in [1.54, 1.807) is 11.6 Å². The number of aryl methyl sites for hydroxylation is 1. The van der Waals surface area contributed by atoms with Crippen LogP contribution in [-0.4, -0.2) is 16.9 Å². The van der Waals surface area contributed by atoms with Crippen molar-refractivity contribution in [3.8, 4) is 0 Å². The van der Waals surface area contributed by atoms with E-state index >= 15 is 0 Å². The number of amides is 3. The molecule has 0 saturated carbocycles. The third-order valence-corrected chi connectivity index (χ3v) is 3.52. The van der Waals surface area contributed by atoms with E-state index < -0.39 is 12.1 Å². The van der Waals surface area contributed by atoms with Gasteiger partial charge in [0, 0.05) is 11.6 Å². The zero-order valence-corrected chi connectivity index (χ0v) is 12.3. The topological polar surface area (TPSA) is 97.1 Å². The zero-order valence-electron chi connectivity index (χ0n) is 11.5. The highest BCUT2D eigenvalue weighted by Crippen LogP contribution is 2.19. The molecule has 0 aliphatic rings. The molecule has 0 radical (unpaired) electrons. The molecule has 21 heavy (non-hydrogen) atoms. The fourth-order valence-electron chi connectivity index (χ4n) is 1.95. The molecule has 6 nitrogen and oxygen atoms in total. The Bertz CT molecular complexity index is 628. The lowest BCUT2D eigenvalue weighted by molar-refractivity contribution is -0.116. The molecule has 1 heterocycles. The van der Waals surface area contributed by atoms with Gasteiger partial charge in [-0.3, -0.25) is 4.79 Å². The van der Waals surface area contributed by atoms with Gasteiger partial charge in [0.1, 0.15) is 0 Å². The Kier molecular flexibility index (Phi) is 4.89. The predicted octanol–water partition coefficient (Wildman–Crippen LogP) is 2.19. The van der Waals surface area contributed by atoms with Gasteiger partial charge < -0.3 is 16.4 Å². The second-order valence-electron chi connectivity index (χ2n) is 4.56. The van der Waals surface area contributed by atoms with Gasteiger partial charge >= 0.3 is 6.03 Å². The van der Waals surface area contributed by atoms with Crippen LogP contribution in [0, 0.1) is 6.92 Å². The first-order valence-corrected chi connectivity index (χ1v) is 7.24. The molecule has 1 unspecified atom stereocenters. The number of carbonyl (C=O) groups is 2. The minimum absolute atomic E-state index is 0.0893. The number of benzene rings is 1. The average Bonchev–Trinajstić information content (AvgIpc) is 2.90. The number of primary amides is 1. The van der Waals surface area contributed by atoms with Gasteiger partial charge in [-0.05, 0) is 12.5 Å². The number of nitrogens with zero attached hydrogens (tertiary/aromatic N) is 1. The van der Waals surface area contributed by atoms with Gasteiger partial charge in [0.15, 0.2) is 5.13 Å². The Balaban J connectivity index is 2.09. The monoisotopic (exact) mass is 304 g/mol. The molecule has 1 atom stereocenters. The number of carbonyl (C=O) groups excluding carboxylic acids is 2. The summed E-state index contributed by atoms with van der Waals surface area (Å²) in [6.45, 7) is 1.94. The lowest BCUT2D eigenvalue weighted by atomic mass is 10.0. The predicted molar refractivity (Wildman–Crippen MR) is 82.0 cm³/mol. The Morgan fingerprint density at radius 3 is 2.86 bits per heavy atom. The van der Waals surface area contributed by atoms with Crippen molar-refractivity contribution in [2.45, 2.75) is 19.4 Å². The lowest BCUT2D eigenvalue weighted by Crippen LogP contribution is -2.35. The van der Waals surface area contributed by atoms with E-state index in [4.69, 9.17) is 5.73 Å². The molecule has 1 aromatic carbocycles. The van der Waals surface area contributed by atoms with Crippen LogP contribution < -0.4 is 16.4 Å². The minimum atomic E-state index is -0.663. The summed E-state index contributed by atoms with van der Waals surface area (Å²) in [5, 5.41) is 7.58. The molecule has 3 amide bonds. The molecule has 110 valence electrons. The third kappa shape index (κ3) is 4.57. The molecule has 2 rings (SSSR count). The van der Waals surface area contributed by atoms with Gasteiger partial charge in [-0.15, -0.1) is 11.3 Å². The number of rotatable bonds is 5. The highest BCUT2D eigenvalue weighted by Gasteiger charge is 2.18. The maximum atomic E-state index is 12.0. The lowest BCUT2D eigenvalue weighted by Gasteiger charge is -2.17. The van der Waals surface area contributed by atoms with Crippen LogP contribution in [0.15, 0.2) is 35.8 Å². The number of nitrogens with one attached hydrogen (secondary N) is 2. The summed E-state index contributed by atoms with van der Waals surface area (Å²) in [6.07, 6.45) is 1.70. The van der Waals surface area contributed by atoms with Crippen molar-refractivity contribution in [2.75, 3.05) is 5.32 Å². The molecule has 4 N–H and O–H groups in total. The van der Waals surface area contributed by atoms with Crippen molar-refractivity contribution in [3.63, 3.8) is 0 Å². The second kappa shape index (κ2) is 6.85. The average molecular weight is 304 g/mol. The van der Waals surface area contributed by atoms with Crippen LogP contribution in [0.2, 0.25) is 0 Å². The number of anilines is 1. The van der Waals surface area contributed by atoms with Crippen molar-refractivity contribution in [3.05, 3.63) is 47.0 Å². The first kappa shape index (κ1) is 15.0. The van der Waals surface area contributed by atoms with E-state index in [0.717, 1.165) is 11.1 Å². The number of thiazole rings is 1. The number of hydrogen-bond acceptors (Lipinski definition) is 4. The van der Waals surface area contributed by atoms with Gasteiger partial charge in [-0.2, -0.15) is 0 Å². The molecule has 0 aliphatic carbocycles. The van der Waals surface area contributed by atoms with Gasteiger partial charge in [-0.1, -0.05) is 29.8 Å². The summed E-state index contributed by atoms with van der Waals surface area (Å²) < 4.78 is 0. The van der Waals surface area contributed by atoms with Crippen LogP contribution in [0.5, 0.6) is 0 Å². The molecule has 0 spiro atoms. The van der Waals surface area contributed by atoms with Crippen LogP contribution in [0.25, 0.3) is 0 Å². The fourth-order valence-corrected chi connectivity index (χ4v) is 2.50. The molecule has 0 fully saturated rings. The van der Waals surface area contributed by atoms with Crippen molar-refractivity contribution >= 4 is 28.4 Å². The van der Waals surface area contributed by atoms with Crippen molar-refractivity contribution in [1.82, 2.24) is 10.3 Å². The summed E-state index contributed by atoms with van der Waals surface area (Å²) in [4.78, 5) is 27.1. The number of hydrogen-bond donors (Lipinski definition) is 3. The summed E-state index contributed by atoms with van der Waals surface area (Å²) >= 11 is 1.34. The maximum absolute atomic E-state index is 12.0. The van der Waals surface area contributed by atoms with Crippen LogP contribution in [0.1, 0.15) is 23.6 Å². The smallest absolute Gasteiger partial charge is 0.312 e. The van der Waals surface area contributed by atoms with Crippen LogP contribution in [-0.2, 0) is 4.79 Å². The quantitative estimate of drug-likeness (QED) is 0.789. The molecular formula is C14H16N4O2S. The Hall–Kier alpha value is -2.41. The molecular weight excluding hydrogens is 288 g/mol. The first-order valence-electron chi connectivity index (χ1n) is 6.36. The molecule has 2 aromatic rings. The van der Waals surface area contributed by atoms with Gasteiger partial charge in [0.25, 0.3) is 0 Å². The minimum Gasteiger partial charge on any atom is -0.352 e. The third-order valence-electron chi connectivity index (χ3n) is 2.83. The Morgan fingerprint density at radius 2 is 2.24 bits per heavy atom. The standard InChI is InChI=1S/C14H16N4O2S/c1-9-3-2-4-10(7-9)11(17-13(15)20)8-12(19)18-14-16-5-6-21-14/h2-7,11H,8H2,1H3,(H3,15,17,20)(H,16,18,19). The molecule has 0 saturated heterocycles. The maximum Gasteiger partial charge on any atom is 0.312 e. The van der Waals surface area contributed by atoms with E-state index in [0.29, 0.717) is 5.13 Å². The largest absolute Gasteiger partial charge is 0.352 e. The zero-order chi connectivity index (χ0) is 15.2. The van der Waals surface area contributed by atoms with Crippen molar-refractivity contribution in [2.24, 2.45) is 5.73 Å². The van der Waals surface area contributed by atoms with Gasteiger partial charge in [0.05, 0.1) is 12.5 Å². The highest BCUT2D eigenvalue weighted by atomic mass is 32.1. The van der Waals surface area contributed by atoms with Crippen molar-refractivity contribution < 1.29 is 9.59 Å². The van der Waals surface area contributed by atoms with E-state index in [1.807, 2.05) is 31.2 Å². The van der Waals surface area contributed by atoms with E-state index in [1.165, 1.54) is 11.3 Å². The van der Waals surface area contributed by atoms with Crippen LogP contribution in [0.4, 0.5) is 9.93 Å². The second-order valence-corrected chi connectivity index (χ2v) is 5.46. The summed E-state index contributed by atoms with van der Waals surface area (Å²) in [6, 6.07) is 6.45. The number of aromatic nitrogens is 1. The van der Waals surface area contributed by atoms with Crippen LogP contribution >= 0.6 is 11.3 Å². The summed E-state index contributed by atoms with van der Waals surface area (Å²) in [5.74, 6) is -0.231. The molecule has 1 aromatic heterocycles. The van der Waals surface area contributed by atoms with Crippen molar-refractivity contribution in [1.29, 1.82) is 0 Å². The summed E-state index contributed by atoms with van der Waals surface area (Å²) in [7, 11) is 0. The Morgan fingerprint density at radius 1 is 1.43 bits per heavy atom. The Labute approximate surface area is 126 Å². The molecule has 0 aliphatic heterocycles. The SMILES string of the molecule is Cc1cccc(C(CC(=O)Nc2nccs2)NC(N)=O)c1. The first-order chi connectivity index (χ1) is 10.0. The summed E-state index contributed by atoms with van der Waals surface area (Å²) in [5.41, 5.74) is 7.07. The number of urea groups is 1. The van der Waals surface area contributed by atoms with Gasteiger partial charge in [-0.25, -0.2) is 9.78 Å². The molecule has 7 heteroatoms. The van der Waals surface area contributed by atoms with E-state index in [9.17, 15) is 9.59 Å². The normalized spacial score (nSPS) is 11.7.